The van der Waals surface area contributed by atoms with Gasteiger partial charge < -0.3 is 4.42 Å². The molecule has 0 aliphatic heterocycles. The molecule has 3 aromatic rings. The predicted molar refractivity (Wildman–Crippen MR) is 110 cm³/mol. The van der Waals surface area contributed by atoms with Gasteiger partial charge in [-0.3, -0.25) is 9.52 Å². The van der Waals surface area contributed by atoms with Crippen molar-refractivity contribution in [3.8, 4) is 0 Å². The van der Waals surface area contributed by atoms with Crippen LogP contribution in [0.2, 0.25) is 0 Å². The van der Waals surface area contributed by atoms with E-state index in [4.69, 9.17) is 4.42 Å². The van der Waals surface area contributed by atoms with E-state index in [0.29, 0.717) is 21.6 Å². The molecule has 0 radical (unpaired) electrons. The zero-order valence-corrected chi connectivity index (χ0v) is 17.1. The number of anilines is 1. The van der Waals surface area contributed by atoms with Crippen LogP contribution in [-0.4, -0.2) is 20.0 Å². The third kappa shape index (κ3) is 4.87. The molecule has 3 rings (SSSR count). The lowest BCUT2D eigenvalue weighted by Gasteiger charge is -2.09. The molecule has 144 valence electrons. The lowest BCUT2D eigenvalue weighted by molar-refractivity contribution is 0.0926. The Morgan fingerprint density at radius 3 is 2.46 bits per heavy atom. The molecule has 0 atom stereocenters. The van der Waals surface area contributed by atoms with Gasteiger partial charge in [-0.05, 0) is 64.8 Å². The molecule has 0 spiro atoms. The van der Waals surface area contributed by atoms with Crippen LogP contribution in [0.25, 0.3) is 0 Å². The number of sulfonamides is 1. The third-order valence-corrected chi connectivity index (χ3v) is 5.53. The maximum Gasteiger partial charge on any atom is 0.307 e. The Hall–Kier alpha value is -2.91. The van der Waals surface area contributed by atoms with Crippen molar-refractivity contribution in [3.05, 3.63) is 82.7 Å². The second-order valence-corrected chi connectivity index (χ2v) is 8.21. The maximum atomic E-state index is 12.4. The summed E-state index contributed by atoms with van der Waals surface area (Å²) in [4.78, 5) is 12.1. The fraction of sp³-hybridized carbons (Fsp3) is 0.0526. The highest BCUT2D eigenvalue weighted by atomic mass is 79.9. The van der Waals surface area contributed by atoms with Gasteiger partial charge in [0.05, 0.1) is 10.6 Å². The highest BCUT2D eigenvalue weighted by Gasteiger charge is 2.14. The van der Waals surface area contributed by atoms with Crippen molar-refractivity contribution < 1.29 is 17.6 Å². The van der Waals surface area contributed by atoms with Gasteiger partial charge in [0.25, 0.3) is 10.0 Å². The molecule has 9 heteroatoms. The van der Waals surface area contributed by atoms with Crippen LogP contribution in [0.1, 0.15) is 23.0 Å². The summed E-state index contributed by atoms with van der Waals surface area (Å²) in [7, 11) is -3.69. The summed E-state index contributed by atoms with van der Waals surface area (Å²) in [6.07, 6.45) is 0. The second-order valence-electron chi connectivity index (χ2n) is 5.74. The van der Waals surface area contributed by atoms with Crippen LogP contribution in [0, 0.1) is 0 Å². The van der Waals surface area contributed by atoms with Gasteiger partial charge in [-0.1, -0.05) is 30.3 Å². The number of hydrogen-bond donors (Lipinski definition) is 2. The highest BCUT2D eigenvalue weighted by molar-refractivity contribution is 9.10. The molecule has 0 unspecified atom stereocenters. The molecule has 7 nitrogen and oxygen atoms in total. The number of carbonyl (C=O) groups excluding carboxylic acids is 1. The Morgan fingerprint density at radius 1 is 1.04 bits per heavy atom. The van der Waals surface area contributed by atoms with Crippen molar-refractivity contribution in [3.63, 3.8) is 0 Å². The van der Waals surface area contributed by atoms with E-state index in [1.54, 1.807) is 55.5 Å². The normalized spacial score (nSPS) is 11.9. The molecule has 0 aliphatic carbocycles. The lowest BCUT2D eigenvalue weighted by Crippen LogP contribution is -2.18. The van der Waals surface area contributed by atoms with Crippen LogP contribution >= 0.6 is 15.9 Å². The van der Waals surface area contributed by atoms with E-state index < -0.39 is 15.9 Å². The van der Waals surface area contributed by atoms with Crippen LogP contribution < -0.4 is 10.1 Å². The number of carbonyl (C=O) groups is 1. The van der Waals surface area contributed by atoms with Crippen molar-refractivity contribution >= 4 is 43.3 Å². The van der Waals surface area contributed by atoms with Gasteiger partial charge in [0.2, 0.25) is 0 Å². The smallest absolute Gasteiger partial charge is 0.307 e. The standard InChI is InChI=1S/C19H16BrN3O4S/c1-13(21-22-19(24)17-10-11-18(20)27-17)14-6-5-7-15(12-14)23-28(25,26)16-8-3-2-4-9-16/h2-12,23H,1H3,(H,22,24)/b21-13-. The van der Waals surface area contributed by atoms with Gasteiger partial charge in [0.1, 0.15) is 0 Å². The molecule has 0 aliphatic rings. The first-order chi connectivity index (χ1) is 13.3. The van der Waals surface area contributed by atoms with E-state index in [-0.39, 0.29) is 10.7 Å². The molecule has 2 aromatic carbocycles. The van der Waals surface area contributed by atoms with Crippen LogP contribution in [-0.2, 0) is 10.0 Å². The van der Waals surface area contributed by atoms with Gasteiger partial charge >= 0.3 is 5.91 Å². The second kappa shape index (κ2) is 8.41. The Kier molecular flexibility index (Phi) is 5.96. The molecular formula is C19H16BrN3O4S. The van der Waals surface area contributed by atoms with Crippen molar-refractivity contribution in [1.82, 2.24) is 5.43 Å². The summed E-state index contributed by atoms with van der Waals surface area (Å²) in [5.41, 5.74) is 3.93. The van der Waals surface area contributed by atoms with E-state index in [1.807, 2.05) is 0 Å². The maximum absolute atomic E-state index is 12.4. The minimum atomic E-state index is -3.69. The SMILES string of the molecule is C/C(=N/NC(=O)c1ccc(Br)o1)c1cccc(NS(=O)(=O)c2ccccc2)c1. The molecule has 1 amide bonds. The van der Waals surface area contributed by atoms with Gasteiger partial charge in [-0.25, -0.2) is 13.8 Å². The summed E-state index contributed by atoms with van der Waals surface area (Å²) in [6.45, 7) is 1.70. The van der Waals surface area contributed by atoms with Crippen molar-refractivity contribution in [1.29, 1.82) is 0 Å². The zero-order valence-electron chi connectivity index (χ0n) is 14.7. The molecule has 0 fully saturated rings. The average Bonchev–Trinajstić information content (AvgIpc) is 3.13. The van der Waals surface area contributed by atoms with Gasteiger partial charge in [-0.15, -0.1) is 0 Å². The molecule has 1 aromatic heterocycles. The zero-order chi connectivity index (χ0) is 20.1. The van der Waals surface area contributed by atoms with Crippen LogP contribution in [0.3, 0.4) is 0 Å². The quantitative estimate of drug-likeness (QED) is 0.427. The fourth-order valence-electron chi connectivity index (χ4n) is 2.31. The molecule has 2 N–H and O–H groups in total. The number of nitrogens with zero attached hydrogens (tertiary/aromatic N) is 1. The summed E-state index contributed by atoms with van der Waals surface area (Å²) in [6, 6.07) is 17.9. The first-order valence-electron chi connectivity index (χ1n) is 8.13. The van der Waals surface area contributed by atoms with Crippen LogP contribution in [0.5, 0.6) is 0 Å². The van der Waals surface area contributed by atoms with Crippen LogP contribution in [0.15, 0.2) is 85.8 Å². The number of benzene rings is 2. The van der Waals surface area contributed by atoms with Gasteiger partial charge in [0, 0.05) is 5.69 Å². The Labute approximate surface area is 170 Å². The molecule has 1 heterocycles. The van der Waals surface area contributed by atoms with Crippen molar-refractivity contribution in [2.75, 3.05) is 4.72 Å². The van der Waals surface area contributed by atoms with Gasteiger partial charge in [0.15, 0.2) is 10.4 Å². The van der Waals surface area contributed by atoms with E-state index in [9.17, 15) is 13.2 Å². The Bertz CT molecular complexity index is 1120. The molecule has 0 bridgehead atoms. The monoisotopic (exact) mass is 461 g/mol. The third-order valence-electron chi connectivity index (χ3n) is 3.71. The molecule has 28 heavy (non-hydrogen) atoms. The Balaban J connectivity index is 1.74. The minimum Gasteiger partial charge on any atom is -0.444 e. The van der Waals surface area contributed by atoms with E-state index in [2.05, 4.69) is 31.2 Å². The topological polar surface area (TPSA) is 101 Å². The number of furan rings is 1. The number of rotatable bonds is 6. The average molecular weight is 462 g/mol. The van der Waals surface area contributed by atoms with E-state index >= 15 is 0 Å². The van der Waals surface area contributed by atoms with Gasteiger partial charge in [-0.2, -0.15) is 5.10 Å². The Morgan fingerprint density at radius 2 is 1.79 bits per heavy atom. The van der Waals surface area contributed by atoms with Crippen LogP contribution in [0.4, 0.5) is 5.69 Å². The lowest BCUT2D eigenvalue weighted by atomic mass is 10.1. The largest absolute Gasteiger partial charge is 0.444 e. The van der Waals surface area contributed by atoms with E-state index in [0.717, 1.165) is 0 Å². The highest BCUT2D eigenvalue weighted by Crippen LogP contribution is 2.18. The number of halogens is 1. The summed E-state index contributed by atoms with van der Waals surface area (Å²) < 4.78 is 33.0. The summed E-state index contributed by atoms with van der Waals surface area (Å²) in [5.74, 6) is -0.376. The first kappa shape index (κ1) is 19.8. The molecule has 0 saturated carbocycles. The summed E-state index contributed by atoms with van der Waals surface area (Å²) in [5, 5.41) is 4.04. The number of hydrazone groups is 1. The van der Waals surface area contributed by atoms with Crippen molar-refractivity contribution in [2.45, 2.75) is 11.8 Å². The number of amides is 1. The molecular weight excluding hydrogens is 446 g/mol. The first-order valence-corrected chi connectivity index (χ1v) is 10.4. The van der Waals surface area contributed by atoms with Crippen molar-refractivity contribution in [2.24, 2.45) is 5.10 Å². The minimum absolute atomic E-state index is 0.118. The predicted octanol–water partition coefficient (Wildman–Crippen LogP) is 4.00. The number of hydrogen-bond acceptors (Lipinski definition) is 5. The summed E-state index contributed by atoms with van der Waals surface area (Å²) >= 11 is 3.13. The van der Waals surface area contributed by atoms with E-state index in [1.165, 1.54) is 18.2 Å². The molecule has 0 saturated heterocycles. The fourth-order valence-corrected chi connectivity index (χ4v) is 3.69. The number of nitrogens with one attached hydrogen (secondary N) is 2.